The van der Waals surface area contributed by atoms with Gasteiger partial charge in [-0.05, 0) is 18.2 Å². The monoisotopic (exact) mass is 325 g/mol. The molecule has 1 amide bonds. The summed E-state index contributed by atoms with van der Waals surface area (Å²) >= 11 is 0. The molecule has 0 aliphatic carbocycles. The third-order valence-corrected chi connectivity index (χ3v) is 2.49. The molecule has 5 nitrogen and oxygen atoms in total. The number of aliphatic carboxylic acids is 1. The van der Waals surface area contributed by atoms with Gasteiger partial charge in [-0.2, -0.15) is 13.2 Å². The molecule has 1 aromatic carbocycles. The fourth-order valence-electron chi connectivity index (χ4n) is 1.41. The first-order valence-electron chi connectivity index (χ1n) is 5.61. The fourth-order valence-corrected chi connectivity index (χ4v) is 1.41. The molecule has 2 N–H and O–H groups in total. The highest BCUT2D eigenvalue weighted by molar-refractivity contribution is 5.99. The number of alkyl halides is 3. The maximum absolute atomic E-state index is 12.9. The summed E-state index contributed by atoms with van der Waals surface area (Å²) in [6, 6.07) is -0.241. The van der Waals surface area contributed by atoms with Crippen LogP contribution in [0.4, 0.5) is 22.0 Å². The molecule has 0 radical (unpaired) electrons. The van der Waals surface area contributed by atoms with Crippen LogP contribution in [0, 0.1) is 11.6 Å². The number of benzene rings is 1. The molecule has 0 saturated carbocycles. The second kappa shape index (κ2) is 6.50. The lowest BCUT2D eigenvalue weighted by Gasteiger charge is -2.15. The Morgan fingerprint density at radius 1 is 1.14 bits per heavy atom. The Kier molecular flexibility index (Phi) is 5.18. The summed E-state index contributed by atoms with van der Waals surface area (Å²) in [5, 5.41) is 9.84. The Morgan fingerprint density at radius 3 is 2.18 bits per heavy atom. The van der Waals surface area contributed by atoms with E-state index < -0.39 is 53.5 Å². The first kappa shape index (κ1) is 17.5. The van der Waals surface area contributed by atoms with Crippen LogP contribution in [0.5, 0.6) is 0 Å². The van der Waals surface area contributed by atoms with E-state index >= 15 is 0 Å². The van der Waals surface area contributed by atoms with Gasteiger partial charge >= 0.3 is 18.1 Å². The minimum Gasteiger partial charge on any atom is -0.480 e. The quantitative estimate of drug-likeness (QED) is 0.637. The molecular formula is C12H8F5NO4. The van der Waals surface area contributed by atoms with Crippen LogP contribution in [-0.4, -0.2) is 35.0 Å². The lowest BCUT2D eigenvalue weighted by Crippen LogP contribution is -2.47. The average Bonchev–Trinajstić information content (AvgIpc) is 2.39. The molecule has 0 spiro atoms. The summed E-state index contributed by atoms with van der Waals surface area (Å²) in [6.07, 6.45) is -6.37. The number of carbonyl (C=O) groups excluding carboxylic acids is 2. The molecule has 1 unspecified atom stereocenters. The molecule has 0 saturated heterocycles. The van der Waals surface area contributed by atoms with E-state index in [-0.39, 0.29) is 0 Å². The zero-order valence-electron chi connectivity index (χ0n) is 10.6. The van der Waals surface area contributed by atoms with Gasteiger partial charge in [0.2, 0.25) is 0 Å². The molecule has 22 heavy (non-hydrogen) atoms. The number of ketones is 1. The van der Waals surface area contributed by atoms with E-state index in [1.807, 2.05) is 0 Å². The Labute approximate surface area is 119 Å². The number of hydrogen-bond donors (Lipinski definition) is 2. The maximum Gasteiger partial charge on any atom is 0.471 e. The number of Topliss-reactive ketones (excluding diaryl/α,β-unsaturated/α-hetero) is 1. The van der Waals surface area contributed by atoms with Crippen molar-refractivity contribution in [2.75, 3.05) is 0 Å². The van der Waals surface area contributed by atoms with Crippen LogP contribution >= 0.6 is 0 Å². The van der Waals surface area contributed by atoms with Gasteiger partial charge in [-0.1, -0.05) is 0 Å². The average molecular weight is 325 g/mol. The number of halogens is 5. The number of carbonyl (C=O) groups is 3. The third kappa shape index (κ3) is 4.50. The SMILES string of the molecule is O=C(CC(NC(=O)C(F)(F)F)C(=O)O)c1ccc(F)c(F)c1. The molecule has 1 aromatic rings. The first-order valence-corrected chi connectivity index (χ1v) is 5.61. The zero-order valence-corrected chi connectivity index (χ0v) is 10.6. The second-order valence-electron chi connectivity index (χ2n) is 4.12. The smallest absolute Gasteiger partial charge is 0.471 e. The van der Waals surface area contributed by atoms with Crippen LogP contribution in [0.25, 0.3) is 0 Å². The molecular weight excluding hydrogens is 317 g/mol. The van der Waals surface area contributed by atoms with Crippen LogP contribution < -0.4 is 5.32 Å². The Morgan fingerprint density at radius 2 is 1.73 bits per heavy atom. The number of amides is 1. The highest BCUT2D eigenvalue weighted by Crippen LogP contribution is 2.16. The molecule has 1 atom stereocenters. The van der Waals surface area contributed by atoms with Crippen LogP contribution in [0.15, 0.2) is 18.2 Å². The molecule has 0 fully saturated rings. The maximum atomic E-state index is 12.9. The molecule has 0 aromatic heterocycles. The Hall–Kier alpha value is -2.52. The molecule has 0 aliphatic heterocycles. The summed E-state index contributed by atoms with van der Waals surface area (Å²) in [6.45, 7) is 0. The molecule has 10 heteroatoms. The number of hydrogen-bond acceptors (Lipinski definition) is 3. The number of carboxylic acids is 1. The Bertz CT molecular complexity index is 614. The van der Waals surface area contributed by atoms with Crippen molar-refractivity contribution < 1.29 is 41.4 Å². The lowest BCUT2D eigenvalue weighted by molar-refractivity contribution is -0.175. The van der Waals surface area contributed by atoms with Gasteiger partial charge in [-0.3, -0.25) is 9.59 Å². The molecule has 120 valence electrons. The van der Waals surface area contributed by atoms with Gasteiger partial charge in [-0.25, -0.2) is 13.6 Å². The van der Waals surface area contributed by atoms with Crippen molar-refractivity contribution in [1.82, 2.24) is 5.32 Å². The van der Waals surface area contributed by atoms with Crippen LogP contribution in [0.1, 0.15) is 16.8 Å². The van der Waals surface area contributed by atoms with Crippen LogP contribution in [0.2, 0.25) is 0 Å². The number of carboxylic acid groups (broad SMARTS) is 1. The second-order valence-corrected chi connectivity index (χ2v) is 4.12. The standard InChI is InChI=1S/C12H8F5NO4/c13-6-2-1-5(3-7(6)14)9(19)4-8(10(20)21)18-11(22)12(15,16)17/h1-3,8H,4H2,(H,18,22)(H,20,21). The summed E-state index contributed by atoms with van der Waals surface area (Å²) in [5.41, 5.74) is -0.439. The van der Waals surface area contributed by atoms with Gasteiger partial charge < -0.3 is 10.4 Å². The topological polar surface area (TPSA) is 83.5 Å². The normalized spacial score (nSPS) is 12.6. The van der Waals surface area contributed by atoms with Crippen molar-refractivity contribution in [1.29, 1.82) is 0 Å². The molecule has 0 heterocycles. The zero-order chi connectivity index (χ0) is 17.1. The van der Waals surface area contributed by atoms with Gasteiger partial charge in [0, 0.05) is 12.0 Å². The van der Waals surface area contributed by atoms with E-state index in [4.69, 9.17) is 5.11 Å². The van der Waals surface area contributed by atoms with E-state index in [0.29, 0.717) is 12.1 Å². The summed E-state index contributed by atoms with van der Waals surface area (Å²) in [4.78, 5) is 33.1. The first-order chi connectivity index (χ1) is 10.0. The van der Waals surface area contributed by atoms with Crippen molar-refractivity contribution in [3.8, 4) is 0 Å². The predicted octanol–water partition coefficient (Wildman–Crippen LogP) is 1.67. The highest BCUT2D eigenvalue weighted by atomic mass is 19.4. The number of nitrogens with one attached hydrogen (secondary N) is 1. The molecule has 1 rings (SSSR count). The number of rotatable bonds is 5. The lowest BCUT2D eigenvalue weighted by atomic mass is 10.0. The van der Waals surface area contributed by atoms with Crippen molar-refractivity contribution in [2.45, 2.75) is 18.6 Å². The summed E-state index contributed by atoms with van der Waals surface area (Å²) < 4.78 is 61.8. The molecule has 0 aliphatic rings. The predicted molar refractivity (Wildman–Crippen MR) is 60.9 cm³/mol. The van der Waals surface area contributed by atoms with E-state index in [0.717, 1.165) is 11.4 Å². The fraction of sp³-hybridized carbons (Fsp3) is 0.250. The van der Waals surface area contributed by atoms with Crippen molar-refractivity contribution >= 4 is 17.7 Å². The largest absolute Gasteiger partial charge is 0.480 e. The van der Waals surface area contributed by atoms with Gasteiger partial charge in [0.15, 0.2) is 17.4 Å². The van der Waals surface area contributed by atoms with Crippen molar-refractivity contribution in [3.63, 3.8) is 0 Å². The van der Waals surface area contributed by atoms with E-state index in [1.165, 1.54) is 0 Å². The third-order valence-electron chi connectivity index (χ3n) is 2.49. The van der Waals surface area contributed by atoms with Gasteiger partial charge in [-0.15, -0.1) is 0 Å². The van der Waals surface area contributed by atoms with Crippen LogP contribution in [-0.2, 0) is 9.59 Å². The van der Waals surface area contributed by atoms with E-state index in [9.17, 15) is 36.3 Å². The van der Waals surface area contributed by atoms with Gasteiger partial charge in [0.25, 0.3) is 0 Å². The van der Waals surface area contributed by atoms with E-state index in [2.05, 4.69) is 0 Å². The summed E-state index contributed by atoms with van der Waals surface area (Å²) in [5.74, 6) is -8.12. The Balaban J connectivity index is 2.87. The van der Waals surface area contributed by atoms with Crippen molar-refractivity contribution in [3.05, 3.63) is 35.4 Å². The van der Waals surface area contributed by atoms with Crippen molar-refractivity contribution in [2.24, 2.45) is 0 Å². The minimum absolute atomic E-state index is 0.439. The minimum atomic E-state index is -5.32. The van der Waals surface area contributed by atoms with E-state index in [1.54, 1.807) is 0 Å². The highest BCUT2D eigenvalue weighted by Gasteiger charge is 2.41. The van der Waals surface area contributed by atoms with Gasteiger partial charge in [0.05, 0.1) is 0 Å². The summed E-state index contributed by atoms with van der Waals surface area (Å²) in [7, 11) is 0. The van der Waals surface area contributed by atoms with Gasteiger partial charge in [0.1, 0.15) is 6.04 Å². The van der Waals surface area contributed by atoms with Crippen LogP contribution in [0.3, 0.4) is 0 Å². The molecule has 0 bridgehead atoms.